The highest BCUT2D eigenvalue weighted by atomic mass is 32.1. The topological polar surface area (TPSA) is 93.1 Å². The molecule has 1 aliphatic heterocycles. The zero-order valence-corrected chi connectivity index (χ0v) is 17.4. The predicted octanol–water partition coefficient (Wildman–Crippen LogP) is 2.66. The average molecular weight is 411 g/mol. The zero-order valence-electron chi connectivity index (χ0n) is 16.5. The van der Waals surface area contributed by atoms with E-state index < -0.39 is 0 Å². The molecule has 0 atom stereocenters. The minimum absolute atomic E-state index is 0.0273. The van der Waals surface area contributed by atoms with E-state index in [1.54, 1.807) is 25.7 Å². The van der Waals surface area contributed by atoms with Crippen molar-refractivity contribution in [3.05, 3.63) is 52.6 Å². The number of ether oxygens (including phenoxy) is 1. The van der Waals surface area contributed by atoms with Gasteiger partial charge in [0.15, 0.2) is 0 Å². The van der Waals surface area contributed by atoms with Gasteiger partial charge < -0.3 is 15.0 Å². The molecule has 1 amide bonds. The lowest BCUT2D eigenvalue weighted by molar-refractivity contribution is 0.0730. The van der Waals surface area contributed by atoms with Crippen molar-refractivity contribution in [2.75, 3.05) is 7.11 Å². The molecule has 8 nitrogen and oxygen atoms in total. The lowest BCUT2D eigenvalue weighted by Gasteiger charge is -2.19. The minimum Gasteiger partial charge on any atom is -0.481 e. The van der Waals surface area contributed by atoms with E-state index in [4.69, 9.17) is 4.74 Å². The molecule has 29 heavy (non-hydrogen) atoms. The number of hydrogen-bond acceptors (Lipinski definition) is 8. The summed E-state index contributed by atoms with van der Waals surface area (Å²) in [4.78, 5) is 32.0. The second-order valence-corrected chi connectivity index (χ2v) is 7.87. The van der Waals surface area contributed by atoms with Crippen LogP contribution in [0.15, 0.2) is 30.0 Å². The summed E-state index contributed by atoms with van der Waals surface area (Å²) < 4.78 is 5.46. The third-order valence-corrected chi connectivity index (χ3v) is 5.64. The first-order chi connectivity index (χ1) is 14.1. The van der Waals surface area contributed by atoms with E-state index >= 15 is 0 Å². The van der Waals surface area contributed by atoms with Crippen LogP contribution in [0.25, 0.3) is 10.7 Å². The smallest absolute Gasteiger partial charge is 0.256 e. The Morgan fingerprint density at radius 2 is 2.14 bits per heavy atom. The maximum atomic E-state index is 12.6. The number of methoxy groups -OCH3 is 1. The number of carbonyl (C=O) groups excluding carboxylic acids is 1. The number of rotatable bonds is 7. The van der Waals surface area contributed by atoms with Crippen molar-refractivity contribution in [2.24, 2.45) is 0 Å². The molecule has 0 saturated heterocycles. The van der Waals surface area contributed by atoms with Gasteiger partial charge in [0.25, 0.3) is 5.91 Å². The van der Waals surface area contributed by atoms with E-state index in [0.717, 1.165) is 27.7 Å². The van der Waals surface area contributed by atoms with Crippen molar-refractivity contribution >= 4 is 17.2 Å². The summed E-state index contributed by atoms with van der Waals surface area (Å²) in [7, 11) is 1.60. The van der Waals surface area contributed by atoms with Crippen molar-refractivity contribution in [3.8, 4) is 16.6 Å². The van der Waals surface area contributed by atoms with Gasteiger partial charge in [-0.2, -0.15) is 0 Å². The van der Waals surface area contributed by atoms with Gasteiger partial charge in [0.05, 0.1) is 36.8 Å². The van der Waals surface area contributed by atoms with Gasteiger partial charge in [0.2, 0.25) is 5.88 Å². The fourth-order valence-corrected chi connectivity index (χ4v) is 4.01. The van der Waals surface area contributed by atoms with Gasteiger partial charge in [-0.1, -0.05) is 0 Å². The summed E-state index contributed by atoms with van der Waals surface area (Å²) in [6.45, 7) is 5.65. The Morgan fingerprint density at radius 3 is 2.86 bits per heavy atom. The average Bonchev–Trinajstić information content (AvgIpc) is 3.33. The molecule has 0 bridgehead atoms. The molecular formula is C20H22N6O2S. The molecule has 0 aliphatic carbocycles. The molecule has 3 aromatic heterocycles. The van der Waals surface area contributed by atoms with E-state index in [9.17, 15) is 4.79 Å². The first-order valence-electron chi connectivity index (χ1n) is 9.36. The lowest BCUT2D eigenvalue weighted by Crippen LogP contribution is -2.30. The number of aromatic nitrogens is 4. The van der Waals surface area contributed by atoms with E-state index in [-0.39, 0.29) is 11.9 Å². The van der Waals surface area contributed by atoms with Gasteiger partial charge in [-0.15, -0.1) is 11.3 Å². The SMILES string of the molecule is COc1nc2c(cc1CNCc1csc(-c3cnccn3)n1)C(=O)N(C(C)C)C2. The second-order valence-electron chi connectivity index (χ2n) is 7.02. The van der Waals surface area contributed by atoms with Crippen LogP contribution in [0, 0.1) is 0 Å². The number of carbonyl (C=O) groups is 1. The summed E-state index contributed by atoms with van der Waals surface area (Å²) in [5, 5.41) is 6.20. The molecule has 3 aromatic rings. The van der Waals surface area contributed by atoms with Crippen molar-refractivity contribution in [2.45, 2.75) is 39.5 Å². The zero-order chi connectivity index (χ0) is 20.4. The number of hydrogen-bond donors (Lipinski definition) is 1. The van der Waals surface area contributed by atoms with Crippen LogP contribution < -0.4 is 10.1 Å². The van der Waals surface area contributed by atoms with Crippen LogP contribution in [-0.4, -0.2) is 43.9 Å². The number of fused-ring (bicyclic) bond motifs is 1. The Morgan fingerprint density at radius 1 is 1.28 bits per heavy atom. The molecule has 9 heteroatoms. The molecule has 0 saturated carbocycles. The Kier molecular flexibility index (Phi) is 5.50. The standard InChI is InChI=1S/C20H22N6O2S/c1-12(2)26-10-17-15(20(26)27)6-13(18(25-17)28-3)7-22-8-14-11-29-19(24-14)16-9-21-4-5-23-16/h4-6,9,11-12,22H,7-8,10H2,1-3H3. The summed E-state index contributed by atoms with van der Waals surface area (Å²) in [5.41, 5.74) is 3.98. The molecule has 150 valence electrons. The quantitative estimate of drug-likeness (QED) is 0.640. The molecule has 1 N–H and O–H groups in total. The monoisotopic (exact) mass is 410 g/mol. The summed E-state index contributed by atoms with van der Waals surface area (Å²) in [6.07, 6.45) is 5.00. The van der Waals surface area contributed by atoms with Crippen LogP contribution in [0.2, 0.25) is 0 Å². The second kappa shape index (κ2) is 8.22. The molecule has 4 heterocycles. The molecule has 0 aromatic carbocycles. The van der Waals surface area contributed by atoms with E-state index in [2.05, 4.69) is 25.3 Å². The third-order valence-electron chi connectivity index (χ3n) is 4.72. The fraction of sp³-hybridized carbons (Fsp3) is 0.350. The van der Waals surface area contributed by atoms with Crippen molar-refractivity contribution in [1.29, 1.82) is 0 Å². The number of nitrogens with one attached hydrogen (secondary N) is 1. The van der Waals surface area contributed by atoms with Gasteiger partial charge in [-0.25, -0.2) is 9.97 Å². The van der Waals surface area contributed by atoms with Crippen LogP contribution in [0.3, 0.4) is 0 Å². The van der Waals surface area contributed by atoms with Crippen LogP contribution in [-0.2, 0) is 19.6 Å². The Balaban J connectivity index is 1.44. The number of nitrogens with zero attached hydrogens (tertiary/aromatic N) is 5. The van der Waals surface area contributed by atoms with Crippen molar-refractivity contribution < 1.29 is 9.53 Å². The minimum atomic E-state index is 0.0273. The highest BCUT2D eigenvalue weighted by Crippen LogP contribution is 2.28. The van der Waals surface area contributed by atoms with Crippen LogP contribution in [0.1, 0.15) is 41.2 Å². The molecule has 0 spiro atoms. The fourth-order valence-electron chi connectivity index (χ4n) is 3.23. The summed E-state index contributed by atoms with van der Waals surface area (Å²) in [5.74, 6) is 0.577. The molecule has 0 fully saturated rings. The predicted molar refractivity (Wildman–Crippen MR) is 109 cm³/mol. The normalized spacial score (nSPS) is 13.2. The maximum Gasteiger partial charge on any atom is 0.256 e. The highest BCUT2D eigenvalue weighted by molar-refractivity contribution is 7.13. The number of thiazole rings is 1. The van der Waals surface area contributed by atoms with Gasteiger partial charge in [0.1, 0.15) is 10.7 Å². The molecule has 1 aliphatic rings. The van der Waals surface area contributed by atoms with E-state index in [1.165, 1.54) is 11.3 Å². The maximum absolute atomic E-state index is 12.6. The first kappa shape index (κ1) is 19.4. The summed E-state index contributed by atoms with van der Waals surface area (Å²) in [6, 6.07) is 2.03. The van der Waals surface area contributed by atoms with Gasteiger partial charge in [0, 0.05) is 42.5 Å². The van der Waals surface area contributed by atoms with E-state index in [0.29, 0.717) is 31.1 Å². The summed E-state index contributed by atoms with van der Waals surface area (Å²) >= 11 is 1.54. The molecular weight excluding hydrogens is 388 g/mol. The van der Waals surface area contributed by atoms with E-state index in [1.807, 2.05) is 30.2 Å². The molecule has 0 unspecified atom stereocenters. The third kappa shape index (κ3) is 3.96. The Bertz CT molecular complexity index is 1020. The van der Waals surface area contributed by atoms with Crippen LogP contribution in [0.4, 0.5) is 0 Å². The van der Waals surface area contributed by atoms with Gasteiger partial charge >= 0.3 is 0 Å². The Labute approximate surface area is 173 Å². The van der Waals surface area contributed by atoms with Gasteiger partial charge in [-0.3, -0.25) is 14.8 Å². The largest absolute Gasteiger partial charge is 0.481 e. The lowest BCUT2D eigenvalue weighted by atomic mass is 10.1. The highest BCUT2D eigenvalue weighted by Gasteiger charge is 2.31. The van der Waals surface area contributed by atoms with Gasteiger partial charge in [-0.05, 0) is 19.9 Å². The molecule has 0 radical (unpaired) electrons. The Hall–Kier alpha value is -2.91. The van der Waals surface area contributed by atoms with Crippen molar-refractivity contribution in [3.63, 3.8) is 0 Å². The number of amides is 1. The first-order valence-corrected chi connectivity index (χ1v) is 10.2. The van der Waals surface area contributed by atoms with Crippen LogP contribution >= 0.6 is 11.3 Å². The van der Waals surface area contributed by atoms with Crippen molar-refractivity contribution in [1.82, 2.24) is 30.2 Å². The molecule has 4 rings (SSSR count). The van der Waals surface area contributed by atoms with Crippen LogP contribution in [0.5, 0.6) is 5.88 Å². The number of pyridine rings is 1.